The number of benzene rings is 6. The molecule has 0 spiro atoms. The Morgan fingerprint density at radius 3 is 1.05 bits per heavy atom. The molecule has 0 unspecified atom stereocenters. The van der Waals surface area contributed by atoms with Crippen molar-refractivity contribution in [3.63, 3.8) is 0 Å². The second-order valence-electron chi connectivity index (χ2n) is 10.2. The van der Waals surface area contributed by atoms with Crippen LogP contribution in [0.1, 0.15) is 11.1 Å². The molecular weight excluding hydrogens is 722 g/mol. The van der Waals surface area contributed by atoms with Gasteiger partial charge in [-0.15, -0.1) is 23.3 Å². The molecule has 0 saturated heterocycles. The third-order valence-corrected chi connectivity index (χ3v) is 12.2. The van der Waals surface area contributed by atoms with Crippen molar-refractivity contribution in [2.45, 2.75) is 0 Å². The first-order valence-corrected chi connectivity index (χ1v) is 18.6. The van der Waals surface area contributed by atoms with Crippen LogP contribution in [0.2, 0.25) is 0 Å². The molecule has 212 valence electrons. The first-order chi connectivity index (χ1) is 18.9. The van der Waals surface area contributed by atoms with Gasteiger partial charge in [0.05, 0.1) is 0 Å². The maximum atomic E-state index is 7.35. The summed E-state index contributed by atoms with van der Waals surface area (Å²) in [6.07, 6.45) is 14.7. The molecule has 6 aromatic carbocycles. The van der Waals surface area contributed by atoms with E-state index in [1.807, 2.05) is 72.8 Å². The Kier molecular flexibility index (Phi) is 14.6. The smallest absolute Gasteiger partial charge is 0.366 e. The second-order valence-corrected chi connectivity index (χ2v) is 16.5. The third-order valence-electron chi connectivity index (χ3n) is 6.51. The summed E-state index contributed by atoms with van der Waals surface area (Å²) < 4.78 is 0. The van der Waals surface area contributed by atoms with Crippen LogP contribution in [0.3, 0.4) is 0 Å². The van der Waals surface area contributed by atoms with E-state index in [-0.39, 0.29) is 60.6 Å². The maximum Gasteiger partial charge on any atom is 1.00 e. The standard InChI is InChI=1S/2C16H9.C5H14P2.2Ag/c2*1-2-12-11-13-7-3-4-9-15(13)16-10-6-5-8-14(12)16;1-6(2)5-7(3)4;;/h2*3-11H;5H2,1-4H3;;/q2*-1;;2*+1/p+2. The van der Waals surface area contributed by atoms with E-state index in [0.29, 0.717) is 0 Å². The van der Waals surface area contributed by atoms with Crippen molar-refractivity contribution < 1.29 is 44.8 Å². The van der Waals surface area contributed by atoms with Crippen LogP contribution in [0.5, 0.6) is 0 Å². The van der Waals surface area contributed by atoms with Crippen molar-refractivity contribution >= 4 is 58.9 Å². The molecule has 0 amide bonds. The van der Waals surface area contributed by atoms with Crippen LogP contribution in [-0.2, 0) is 44.8 Å². The summed E-state index contributed by atoms with van der Waals surface area (Å²) in [7, 11) is 0.222. The fourth-order valence-corrected chi connectivity index (χ4v) is 10.7. The van der Waals surface area contributed by atoms with E-state index in [2.05, 4.69) is 74.9 Å². The Balaban J connectivity index is 0.000000226. The number of rotatable bonds is 2. The molecule has 0 heterocycles. The Morgan fingerprint density at radius 1 is 0.463 bits per heavy atom. The zero-order valence-electron chi connectivity index (χ0n) is 23.7. The molecule has 0 aromatic heterocycles. The van der Waals surface area contributed by atoms with Crippen molar-refractivity contribution in [2.24, 2.45) is 0 Å². The van der Waals surface area contributed by atoms with Crippen LogP contribution in [0.15, 0.2) is 109 Å². The predicted octanol–water partition coefficient (Wildman–Crippen LogP) is 9.75. The van der Waals surface area contributed by atoms with Crippen molar-refractivity contribution in [2.75, 3.05) is 32.6 Å². The van der Waals surface area contributed by atoms with Gasteiger partial charge in [-0.25, -0.2) is 0 Å². The summed E-state index contributed by atoms with van der Waals surface area (Å²) in [4.78, 5) is 0. The summed E-state index contributed by atoms with van der Waals surface area (Å²) >= 11 is 0. The molecule has 0 saturated carbocycles. The third kappa shape index (κ3) is 8.91. The van der Waals surface area contributed by atoms with Crippen molar-refractivity contribution in [1.29, 1.82) is 0 Å². The van der Waals surface area contributed by atoms with E-state index in [0.717, 1.165) is 32.7 Å². The molecule has 0 fully saturated rings. The Morgan fingerprint density at radius 2 is 0.756 bits per heavy atom. The molecular formula is C37H34Ag2P2+2. The van der Waals surface area contributed by atoms with Gasteiger partial charge in [-0.3, -0.25) is 11.8 Å². The minimum Gasteiger partial charge on any atom is -0.366 e. The summed E-state index contributed by atoms with van der Waals surface area (Å²) in [6.45, 7) is 9.56. The van der Waals surface area contributed by atoms with Crippen LogP contribution in [-0.4, -0.2) is 32.6 Å². The Bertz CT molecular complexity index is 1690. The minimum absolute atomic E-state index is 0. The maximum absolute atomic E-state index is 7.35. The molecule has 0 bridgehead atoms. The van der Waals surface area contributed by atoms with Gasteiger partial charge in [-0.05, 0) is 32.3 Å². The van der Waals surface area contributed by atoms with Crippen LogP contribution < -0.4 is 0 Å². The minimum atomic E-state index is 0. The van der Waals surface area contributed by atoms with Crippen molar-refractivity contribution in [1.82, 2.24) is 0 Å². The predicted molar refractivity (Wildman–Crippen MR) is 181 cm³/mol. The number of hydrogen-bond acceptors (Lipinski definition) is 0. The van der Waals surface area contributed by atoms with Crippen molar-refractivity contribution in [3.05, 3.63) is 133 Å². The number of fused-ring (bicyclic) bond motifs is 6. The first kappa shape index (κ1) is 35.0. The summed E-state index contributed by atoms with van der Waals surface area (Å²) in [5.41, 5.74) is 1.71. The molecule has 0 nitrogen and oxygen atoms in total. The molecule has 6 rings (SSSR count). The van der Waals surface area contributed by atoms with Gasteiger partial charge < -0.3 is 12.8 Å². The number of hydrogen-bond donors (Lipinski definition) is 0. The van der Waals surface area contributed by atoms with Gasteiger partial charge in [0.15, 0.2) is 5.90 Å². The quantitative estimate of drug-likeness (QED) is 0.0543. The zero-order chi connectivity index (χ0) is 27.8. The molecule has 6 aromatic rings. The molecule has 0 aliphatic carbocycles. The van der Waals surface area contributed by atoms with Crippen LogP contribution in [0, 0.1) is 24.7 Å². The van der Waals surface area contributed by atoms with Crippen LogP contribution >= 0.6 is 15.8 Å². The average molecular weight is 756 g/mol. The van der Waals surface area contributed by atoms with E-state index in [1.165, 1.54) is 21.5 Å². The van der Waals surface area contributed by atoms with E-state index in [1.54, 1.807) is 5.90 Å². The molecule has 41 heavy (non-hydrogen) atoms. The van der Waals surface area contributed by atoms with Gasteiger partial charge >= 0.3 is 44.8 Å². The fourth-order valence-electron chi connectivity index (χ4n) is 5.02. The SMILES string of the molecule is C[PH+](C)C[PH+](C)C.[Ag+].[Ag+].[C-]#Cc1cc2ccccc2c2ccccc12.[C-]#Cc1cc2ccccc2c2ccccc12. The van der Waals surface area contributed by atoms with Gasteiger partial charge in [-0.1, -0.05) is 108 Å². The normalized spacial score (nSPS) is 10.0. The van der Waals surface area contributed by atoms with Crippen molar-refractivity contribution in [3.8, 4) is 11.8 Å². The fraction of sp³-hybridized carbons (Fsp3) is 0.135. The summed E-state index contributed by atoms with van der Waals surface area (Å²) in [6, 6.07) is 36.9. The van der Waals surface area contributed by atoms with E-state index in [9.17, 15) is 0 Å². The topological polar surface area (TPSA) is 0 Å². The average Bonchev–Trinajstić information content (AvgIpc) is 2.96. The van der Waals surface area contributed by atoms with Gasteiger partial charge in [0, 0.05) is 42.5 Å². The Labute approximate surface area is 279 Å². The van der Waals surface area contributed by atoms with Gasteiger partial charge in [0.25, 0.3) is 0 Å². The molecule has 4 heteroatoms. The second kappa shape index (κ2) is 17.1. The van der Waals surface area contributed by atoms with Gasteiger partial charge in [0.1, 0.15) is 0 Å². The first-order valence-electron chi connectivity index (χ1n) is 13.2. The van der Waals surface area contributed by atoms with Gasteiger partial charge in [-0.2, -0.15) is 0 Å². The zero-order valence-corrected chi connectivity index (χ0v) is 28.7. The van der Waals surface area contributed by atoms with E-state index in [4.69, 9.17) is 12.8 Å². The largest absolute Gasteiger partial charge is 1.00 e. The van der Waals surface area contributed by atoms with Crippen LogP contribution in [0.25, 0.3) is 43.1 Å². The molecule has 0 aliphatic heterocycles. The van der Waals surface area contributed by atoms with Gasteiger partial charge in [0.2, 0.25) is 0 Å². The van der Waals surface area contributed by atoms with E-state index >= 15 is 0 Å². The Hall–Kier alpha value is -2.18. The molecule has 0 atom stereocenters. The molecule has 0 radical (unpaired) electrons. The summed E-state index contributed by atoms with van der Waals surface area (Å²) in [5, 5.41) is 9.36. The van der Waals surface area contributed by atoms with Crippen LogP contribution in [0.4, 0.5) is 0 Å². The molecule has 0 aliphatic rings. The van der Waals surface area contributed by atoms with E-state index < -0.39 is 0 Å². The molecule has 0 N–H and O–H groups in total. The monoisotopic (exact) mass is 754 g/mol. The summed E-state index contributed by atoms with van der Waals surface area (Å²) in [5.74, 6) is 6.59.